The number of nitrogens with zero attached hydrogens (tertiary/aromatic N) is 2. The van der Waals surface area contributed by atoms with Crippen LogP contribution < -0.4 is 0 Å². The molecule has 0 fully saturated rings. The Bertz CT molecular complexity index is 3870. The van der Waals surface area contributed by atoms with E-state index in [0.717, 1.165) is 38.9 Å². The Balaban J connectivity index is 0.830. The lowest BCUT2D eigenvalue weighted by molar-refractivity contribution is 0.669. The molecule has 0 aliphatic heterocycles. The summed E-state index contributed by atoms with van der Waals surface area (Å²) in [6.45, 7) is 0. The summed E-state index contributed by atoms with van der Waals surface area (Å²) in [4.78, 5) is 0. The molecule has 0 bridgehead atoms. The molecule has 0 saturated carbocycles. The molecular formula is C60H38N2O. The first-order valence-corrected chi connectivity index (χ1v) is 21.6. The summed E-state index contributed by atoms with van der Waals surface area (Å²) in [5, 5.41) is 7.31. The second kappa shape index (κ2) is 14.1. The fourth-order valence-corrected chi connectivity index (χ4v) is 9.95. The summed E-state index contributed by atoms with van der Waals surface area (Å²) in [5.74, 6) is 0. The van der Waals surface area contributed by atoms with E-state index in [1.54, 1.807) is 0 Å². The molecule has 0 radical (unpaired) electrons. The van der Waals surface area contributed by atoms with Gasteiger partial charge in [-0.1, -0.05) is 164 Å². The number of hydrogen-bond acceptors (Lipinski definition) is 1. The first kappa shape index (κ1) is 35.4. The first-order chi connectivity index (χ1) is 31.2. The second-order valence-electron chi connectivity index (χ2n) is 16.5. The van der Waals surface area contributed by atoms with Gasteiger partial charge in [-0.3, -0.25) is 0 Å². The predicted octanol–water partition coefficient (Wildman–Crippen LogP) is 16.4. The van der Waals surface area contributed by atoms with Crippen LogP contribution in [0.3, 0.4) is 0 Å². The van der Waals surface area contributed by atoms with Gasteiger partial charge in [-0.05, 0) is 111 Å². The fraction of sp³-hybridized carbons (Fsp3) is 0. The Morgan fingerprint density at radius 1 is 0.254 bits per heavy atom. The van der Waals surface area contributed by atoms with Crippen LogP contribution >= 0.6 is 0 Å². The highest BCUT2D eigenvalue weighted by Gasteiger charge is 2.18. The molecule has 3 nitrogen and oxygen atoms in total. The van der Waals surface area contributed by atoms with Crippen LogP contribution in [0.1, 0.15) is 0 Å². The van der Waals surface area contributed by atoms with E-state index in [1.165, 1.54) is 82.6 Å². The Hall–Kier alpha value is -8.40. The van der Waals surface area contributed by atoms with E-state index in [9.17, 15) is 0 Å². The molecule has 3 aromatic heterocycles. The number of aromatic nitrogens is 2. The lowest BCUT2D eigenvalue weighted by Gasteiger charge is -2.12. The molecule has 0 spiro atoms. The van der Waals surface area contributed by atoms with E-state index in [2.05, 4.69) is 228 Å². The van der Waals surface area contributed by atoms with Gasteiger partial charge in [-0.15, -0.1) is 0 Å². The average Bonchev–Trinajstić information content (AvgIpc) is 4.02. The van der Waals surface area contributed by atoms with Crippen molar-refractivity contribution in [1.82, 2.24) is 9.13 Å². The molecule has 0 aliphatic carbocycles. The van der Waals surface area contributed by atoms with Crippen LogP contribution in [0.15, 0.2) is 235 Å². The normalized spacial score (nSPS) is 11.8. The van der Waals surface area contributed by atoms with Crippen molar-refractivity contribution in [2.75, 3.05) is 0 Å². The Labute approximate surface area is 363 Å². The maximum Gasteiger partial charge on any atom is 0.136 e. The van der Waals surface area contributed by atoms with Gasteiger partial charge < -0.3 is 13.6 Å². The van der Waals surface area contributed by atoms with Gasteiger partial charge in [-0.2, -0.15) is 0 Å². The van der Waals surface area contributed by atoms with Crippen LogP contribution in [0.5, 0.6) is 0 Å². The molecule has 0 unspecified atom stereocenters. The van der Waals surface area contributed by atoms with Crippen molar-refractivity contribution in [2.24, 2.45) is 0 Å². The Morgan fingerprint density at radius 3 is 1.43 bits per heavy atom. The zero-order chi connectivity index (χ0) is 41.4. The number of rotatable bonds is 6. The summed E-state index contributed by atoms with van der Waals surface area (Å²) >= 11 is 0. The standard InChI is InChI=1S/C60H38N2O/c1-2-11-46(12-3-1)61-55-18-8-5-15-53(55)60-48(16-10-19-56(60)61)45-32-35-50-49-13-4-7-17-54(49)62(57(50)37-45)47-33-29-42(30-34-47)41-23-21-39(22-24-41)40-25-27-43(28-26-40)44-31-36-52-51-14-6-9-20-58(51)63-59(52)38-44/h1-38H. The van der Waals surface area contributed by atoms with Crippen LogP contribution in [0.25, 0.3) is 121 Å². The topological polar surface area (TPSA) is 23.0 Å². The summed E-state index contributed by atoms with van der Waals surface area (Å²) in [6.07, 6.45) is 0. The number of hydrogen-bond donors (Lipinski definition) is 0. The lowest BCUT2D eigenvalue weighted by Crippen LogP contribution is -1.94. The van der Waals surface area contributed by atoms with Crippen LogP contribution in [0.2, 0.25) is 0 Å². The molecule has 0 N–H and O–H groups in total. The van der Waals surface area contributed by atoms with E-state index < -0.39 is 0 Å². The van der Waals surface area contributed by atoms with E-state index in [4.69, 9.17) is 4.42 Å². The molecule has 0 amide bonds. The molecular weight excluding hydrogens is 765 g/mol. The summed E-state index contributed by atoms with van der Waals surface area (Å²) < 4.78 is 11.0. The predicted molar refractivity (Wildman–Crippen MR) is 264 cm³/mol. The van der Waals surface area contributed by atoms with Gasteiger partial charge in [0.2, 0.25) is 0 Å². The van der Waals surface area contributed by atoms with Crippen LogP contribution in [0.4, 0.5) is 0 Å². The van der Waals surface area contributed by atoms with Gasteiger partial charge in [0.15, 0.2) is 0 Å². The van der Waals surface area contributed by atoms with Gasteiger partial charge >= 0.3 is 0 Å². The largest absolute Gasteiger partial charge is 0.456 e. The van der Waals surface area contributed by atoms with Crippen LogP contribution in [0, 0.1) is 0 Å². The first-order valence-electron chi connectivity index (χ1n) is 21.6. The minimum Gasteiger partial charge on any atom is -0.456 e. The average molecular weight is 803 g/mol. The molecule has 3 heteroatoms. The molecule has 3 heterocycles. The Kier molecular flexibility index (Phi) is 7.91. The van der Waals surface area contributed by atoms with Crippen molar-refractivity contribution in [2.45, 2.75) is 0 Å². The van der Waals surface area contributed by atoms with Crippen molar-refractivity contribution in [1.29, 1.82) is 0 Å². The third kappa shape index (κ3) is 5.67. The van der Waals surface area contributed by atoms with Crippen molar-refractivity contribution >= 4 is 65.6 Å². The molecule has 294 valence electrons. The SMILES string of the molecule is c1ccc(-n2c3ccccc3c3c(-c4ccc5c6ccccc6n(-c6ccc(-c7ccc(-c8ccc(-c9ccc%10c(c9)oc9ccccc9%10)cc8)cc7)cc6)c5c4)cccc32)cc1. The van der Waals surface area contributed by atoms with Crippen molar-refractivity contribution in [3.05, 3.63) is 231 Å². The zero-order valence-electron chi connectivity index (χ0n) is 34.2. The lowest BCUT2D eigenvalue weighted by atomic mass is 9.97. The smallest absolute Gasteiger partial charge is 0.136 e. The maximum absolute atomic E-state index is 6.17. The van der Waals surface area contributed by atoms with Gasteiger partial charge in [0.05, 0.1) is 22.1 Å². The Morgan fingerprint density at radius 2 is 0.714 bits per heavy atom. The highest BCUT2D eigenvalue weighted by Crippen LogP contribution is 2.41. The van der Waals surface area contributed by atoms with Crippen molar-refractivity contribution in [3.8, 4) is 55.9 Å². The summed E-state index contributed by atoms with van der Waals surface area (Å²) in [7, 11) is 0. The van der Waals surface area contributed by atoms with Crippen molar-refractivity contribution < 1.29 is 4.42 Å². The monoisotopic (exact) mass is 802 g/mol. The molecule has 0 atom stereocenters. The summed E-state index contributed by atoms with van der Waals surface area (Å²) in [5.41, 5.74) is 18.4. The third-order valence-corrected chi connectivity index (χ3v) is 13.0. The number of fused-ring (bicyclic) bond motifs is 9. The molecule has 63 heavy (non-hydrogen) atoms. The third-order valence-electron chi connectivity index (χ3n) is 13.0. The minimum atomic E-state index is 0.916. The van der Waals surface area contributed by atoms with Crippen molar-refractivity contribution in [3.63, 3.8) is 0 Å². The summed E-state index contributed by atoms with van der Waals surface area (Å²) in [6, 6.07) is 83.4. The van der Waals surface area contributed by atoms with Crippen LogP contribution in [-0.4, -0.2) is 9.13 Å². The molecule has 10 aromatic carbocycles. The van der Waals surface area contributed by atoms with Gasteiger partial charge in [0.25, 0.3) is 0 Å². The van der Waals surface area contributed by atoms with E-state index >= 15 is 0 Å². The van der Waals surface area contributed by atoms with Crippen LogP contribution in [-0.2, 0) is 0 Å². The minimum absolute atomic E-state index is 0.916. The fourth-order valence-electron chi connectivity index (χ4n) is 9.95. The molecule has 13 aromatic rings. The van der Waals surface area contributed by atoms with E-state index in [1.807, 2.05) is 12.1 Å². The van der Waals surface area contributed by atoms with Gasteiger partial charge in [-0.25, -0.2) is 0 Å². The maximum atomic E-state index is 6.17. The number of benzene rings is 10. The van der Waals surface area contributed by atoms with E-state index in [-0.39, 0.29) is 0 Å². The molecule has 0 aliphatic rings. The quantitative estimate of drug-likeness (QED) is 0.164. The number of furan rings is 1. The zero-order valence-corrected chi connectivity index (χ0v) is 34.2. The van der Waals surface area contributed by atoms with Gasteiger partial charge in [0.1, 0.15) is 11.2 Å². The van der Waals surface area contributed by atoms with E-state index in [0.29, 0.717) is 0 Å². The highest BCUT2D eigenvalue weighted by molar-refractivity contribution is 6.17. The second-order valence-corrected chi connectivity index (χ2v) is 16.5. The number of para-hydroxylation sites is 4. The molecule has 13 rings (SSSR count). The van der Waals surface area contributed by atoms with Gasteiger partial charge in [0, 0.05) is 43.7 Å². The molecule has 0 saturated heterocycles. The highest BCUT2D eigenvalue weighted by atomic mass is 16.3.